The van der Waals surface area contributed by atoms with Gasteiger partial charge in [0.1, 0.15) is 5.69 Å². The third kappa shape index (κ3) is 1.68. The molecule has 0 aliphatic carbocycles. The molecule has 0 saturated heterocycles. The standard InChI is InChI=1S/C10H11N3O2/c1-7-10(14)13(2)9(12-15-7)8-5-3-4-6-11-8/h3-7H,1-2H3. The number of rotatable bonds is 1. The average molecular weight is 205 g/mol. The lowest BCUT2D eigenvalue weighted by Crippen LogP contribution is -2.44. The summed E-state index contributed by atoms with van der Waals surface area (Å²) < 4.78 is 0. The van der Waals surface area contributed by atoms with Gasteiger partial charge < -0.3 is 4.84 Å². The largest absolute Gasteiger partial charge is 0.381 e. The molecule has 1 atom stereocenters. The van der Waals surface area contributed by atoms with Crippen molar-refractivity contribution in [1.82, 2.24) is 9.88 Å². The first kappa shape index (κ1) is 9.64. The molecule has 1 aliphatic heterocycles. The summed E-state index contributed by atoms with van der Waals surface area (Å²) in [6, 6.07) is 5.42. The molecule has 0 radical (unpaired) electrons. The van der Waals surface area contributed by atoms with E-state index in [2.05, 4.69) is 10.1 Å². The summed E-state index contributed by atoms with van der Waals surface area (Å²) in [6.45, 7) is 1.66. The monoisotopic (exact) mass is 205 g/mol. The number of likely N-dealkylation sites (N-methyl/N-ethyl adjacent to an activating group) is 1. The number of hydrogen-bond donors (Lipinski definition) is 0. The lowest BCUT2D eigenvalue weighted by molar-refractivity contribution is -0.140. The van der Waals surface area contributed by atoms with Gasteiger partial charge in [-0.3, -0.25) is 14.7 Å². The molecule has 5 nitrogen and oxygen atoms in total. The van der Waals surface area contributed by atoms with Gasteiger partial charge in [0.25, 0.3) is 5.91 Å². The highest BCUT2D eigenvalue weighted by Crippen LogP contribution is 2.11. The van der Waals surface area contributed by atoms with E-state index in [0.29, 0.717) is 11.5 Å². The fourth-order valence-electron chi connectivity index (χ4n) is 1.33. The Labute approximate surface area is 87.4 Å². The van der Waals surface area contributed by atoms with Gasteiger partial charge in [0, 0.05) is 13.2 Å². The quantitative estimate of drug-likeness (QED) is 0.675. The van der Waals surface area contributed by atoms with Gasteiger partial charge in [-0.05, 0) is 19.1 Å². The number of pyridine rings is 1. The maximum atomic E-state index is 11.6. The Morgan fingerprint density at radius 3 is 2.93 bits per heavy atom. The highest BCUT2D eigenvalue weighted by Gasteiger charge is 2.29. The second kappa shape index (κ2) is 3.68. The van der Waals surface area contributed by atoms with Crippen LogP contribution in [0.2, 0.25) is 0 Å². The smallest absolute Gasteiger partial charge is 0.271 e. The van der Waals surface area contributed by atoms with E-state index in [-0.39, 0.29) is 5.91 Å². The van der Waals surface area contributed by atoms with E-state index in [0.717, 1.165) is 0 Å². The van der Waals surface area contributed by atoms with Crippen LogP contribution in [0, 0.1) is 0 Å². The minimum atomic E-state index is -0.525. The molecule has 0 N–H and O–H groups in total. The molecule has 1 unspecified atom stereocenters. The SMILES string of the molecule is CC1ON=C(c2ccccn2)N(C)C1=O. The second-order valence-electron chi connectivity index (χ2n) is 3.27. The number of amides is 1. The van der Waals surface area contributed by atoms with Gasteiger partial charge in [-0.25, -0.2) is 0 Å². The van der Waals surface area contributed by atoms with Gasteiger partial charge in [0.15, 0.2) is 0 Å². The molecule has 1 aromatic rings. The van der Waals surface area contributed by atoms with E-state index in [1.54, 1.807) is 32.3 Å². The third-order valence-electron chi connectivity index (χ3n) is 2.19. The van der Waals surface area contributed by atoms with Crippen LogP contribution in [0.3, 0.4) is 0 Å². The Bertz CT molecular complexity index is 402. The third-order valence-corrected chi connectivity index (χ3v) is 2.19. The van der Waals surface area contributed by atoms with Crippen molar-refractivity contribution in [3.05, 3.63) is 30.1 Å². The molecule has 0 saturated carbocycles. The van der Waals surface area contributed by atoms with E-state index in [9.17, 15) is 4.79 Å². The van der Waals surface area contributed by atoms with E-state index >= 15 is 0 Å². The Kier molecular flexibility index (Phi) is 2.37. The Balaban J connectivity index is 2.35. The van der Waals surface area contributed by atoms with E-state index in [1.165, 1.54) is 4.90 Å². The number of carbonyl (C=O) groups excluding carboxylic acids is 1. The highest BCUT2D eigenvalue weighted by atomic mass is 16.6. The number of hydrogen-bond acceptors (Lipinski definition) is 4. The topological polar surface area (TPSA) is 54.8 Å². The minimum Gasteiger partial charge on any atom is -0.381 e. The maximum absolute atomic E-state index is 11.6. The van der Waals surface area contributed by atoms with Crippen molar-refractivity contribution in [3.63, 3.8) is 0 Å². The van der Waals surface area contributed by atoms with Crippen LogP contribution in [0.15, 0.2) is 29.6 Å². The predicted octanol–water partition coefficient (Wildman–Crippen LogP) is 0.620. The van der Waals surface area contributed by atoms with Gasteiger partial charge in [-0.15, -0.1) is 0 Å². The Hall–Kier alpha value is -1.91. The highest BCUT2D eigenvalue weighted by molar-refractivity contribution is 6.08. The van der Waals surface area contributed by atoms with Crippen molar-refractivity contribution in [2.24, 2.45) is 5.16 Å². The Morgan fingerprint density at radius 2 is 2.27 bits per heavy atom. The summed E-state index contributed by atoms with van der Waals surface area (Å²) in [4.78, 5) is 22.1. The number of nitrogens with zero attached hydrogens (tertiary/aromatic N) is 3. The molecule has 0 spiro atoms. The van der Waals surface area contributed by atoms with E-state index in [1.807, 2.05) is 6.07 Å². The van der Waals surface area contributed by atoms with Crippen LogP contribution >= 0.6 is 0 Å². The lowest BCUT2D eigenvalue weighted by atomic mass is 10.2. The van der Waals surface area contributed by atoms with Crippen LogP contribution in [0.25, 0.3) is 0 Å². The van der Waals surface area contributed by atoms with Gasteiger partial charge in [-0.2, -0.15) is 0 Å². The van der Waals surface area contributed by atoms with E-state index in [4.69, 9.17) is 4.84 Å². The molecular formula is C10H11N3O2. The number of aromatic nitrogens is 1. The van der Waals surface area contributed by atoms with Crippen molar-refractivity contribution < 1.29 is 9.63 Å². The zero-order chi connectivity index (χ0) is 10.8. The number of carbonyl (C=O) groups is 1. The number of amidine groups is 1. The molecular weight excluding hydrogens is 194 g/mol. The summed E-state index contributed by atoms with van der Waals surface area (Å²) >= 11 is 0. The van der Waals surface area contributed by atoms with Crippen LogP contribution in [-0.2, 0) is 9.63 Å². The molecule has 0 aromatic carbocycles. The maximum Gasteiger partial charge on any atom is 0.271 e. The van der Waals surface area contributed by atoms with Crippen molar-refractivity contribution in [3.8, 4) is 0 Å². The summed E-state index contributed by atoms with van der Waals surface area (Å²) in [7, 11) is 1.66. The van der Waals surface area contributed by atoms with Gasteiger partial charge in [0.05, 0.1) is 0 Å². The molecule has 2 heterocycles. The predicted molar refractivity (Wildman–Crippen MR) is 54.1 cm³/mol. The van der Waals surface area contributed by atoms with Crippen LogP contribution < -0.4 is 0 Å². The van der Waals surface area contributed by atoms with Crippen molar-refractivity contribution in [2.45, 2.75) is 13.0 Å². The first-order valence-corrected chi connectivity index (χ1v) is 4.63. The molecule has 15 heavy (non-hydrogen) atoms. The molecule has 1 aromatic heterocycles. The molecule has 2 rings (SSSR count). The first-order valence-electron chi connectivity index (χ1n) is 4.63. The van der Waals surface area contributed by atoms with Crippen molar-refractivity contribution >= 4 is 11.7 Å². The summed E-state index contributed by atoms with van der Waals surface area (Å²) in [5, 5.41) is 3.87. The molecule has 0 fully saturated rings. The van der Waals surface area contributed by atoms with Crippen molar-refractivity contribution in [2.75, 3.05) is 7.05 Å². The van der Waals surface area contributed by atoms with E-state index < -0.39 is 6.10 Å². The van der Waals surface area contributed by atoms with Crippen LogP contribution in [0.4, 0.5) is 0 Å². The summed E-state index contributed by atoms with van der Waals surface area (Å²) in [5.41, 5.74) is 0.625. The Morgan fingerprint density at radius 1 is 1.47 bits per heavy atom. The lowest BCUT2D eigenvalue weighted by Gasteiger charge is -2.25. The zero-order valence-electron chi connectivity index (χ0n) is 8.54. The normalized spacial score (nSPS) is 20.9. The molecule has 0 bridgehead atoms. The molecule has 1 amide bonds. The van der Waals surface area contributed by atoms with Crippen LogP contribution in [0.5, 0.6) is 0 Å². The fraction of sp³-hybridized carbons (Fsp3) is 0.300. The fourth-order valence-corrected chi connectivity index (χ4v) is 1.33. The summed E-state index contributed by atoms with van der Waals surface area (Å²) in [6.07, 6.45) is 1.12. The second-order valence-corrected chi connectivity index (χ2v) is 3.27. The van der Waals surface area contributed by atoms with Gasteiger partial charge >= 0.3 is 0 Å². The van der Waals surface area contributed by atoms with Crippen LogP contribution in [-0.4, -0.2) is 34.8 Å². The molecule has 5 heteroatoms. The van der Waals surface area contributed by atoms with Gasteiger partial charge in [-0.1, -0.05) is 11.2 Å². The molecule has 1 aliphatic rings. The minimum absolute atomic E-state index is 0.120. The van der Waals surface area contributed by atoms with Crippen molar-refractivity contribution in [1.29, 1.82) is 0 Å². The zero-order valence-corrected chi connectivity index (χ0v) is 8.54. The summed E-state index contributed by atoms with van der Waals surface area (Å²) in [5.74, 6) is 0.323. The molecule has 78 valence electrons. The average Bonchev–Trinajstić information content (AvgIpc) is 2.27. The number of oxime groups is 1. The van der Waals surface area contributed by atoms with Gasteiger partial charge in [0.2, 0.25) is 11.9 Å². The first-order chi connectivity index (χ1) is 7.20. The van der Waals surface area contributed by atoms with Crippen LogP contribution in [0.1, 0.15) is 12.6 Å².